The molecule has 0 aromatic carbocycles. The Bertz CT molecular complexity index is 1250. The summed E-state index contributed by atoms with van der Waals surface area (Å²) in [5.41, 5.74) is -0.551. The summed E-state index contributed by atoms with van der Waals surface area (Å²) >= 11 is 2.82. The number of ketones is 2. The second kappa shape index (κ2) is 8.07. The van der Waals surface area contributed by atoms with E-state index in [2.05, 4.69) is 16.9 Å². The summed E-state index contributed by atoms with van der Waals surface area (Å²) in [6.45, 7) is 4.16. The molecule has 0 amide bonds. The number of nitrogens with zero attached hydrogens (tertiary/aromatic N) is 2. The molecule has 3 saturated carbocycles. The summed E-state index contributed by atoms with van der Waals surface area (Å²) in [6.07, 6.45) is 9.76. The maximum absolute atomic E-state index is 13.6. The highest BCUT2D eigenvalue weighted by Gasteiger charge is 2.67. The summed E-state index contributed by atoms with van der Waals surface area (Å²) in [5.74, 6) is 0.356. The molecular weight excluding hydrogens is 480 g/mol. The van der Waals surface area contributed by atoms with E-state index in [1.165, 1.54) is 23.1 Å². The topological polar surface area (TPSA) is 100 Å². The number of thioether (sulfide) groups is 1. The predicted octanol–water partition coefficient (Wildman–Crippen LogP) is 4.36. The Morgan fingerprint density at radius 2 is 2.14 bits per heavy atom. The van der Waals surface area contributed by atoms with Gasteiger partial charge in [0.25, 0.3) is 0 Å². The van der Waals surface area contributed by atoms with E-state index >= 15 is 0 Å². The third kappa shape index (κ3) is 3.36. The molecule has 0 aliphatic heterocycles. The van der Waals surface area contributed by atoms with E-state index in [0.717, 1.165) is 39.5 Å². The van der Waals surface area contributed by atoms with Gasteiger partial charge in [0, 0.05) is 22.9 Å². The molecule has 2 N–H and O–H groups in total. The second-order valence-electron chi connectivity index (χ2n) is 11.1. The van der Waals surface area contributed by atoms with Crippen LogP contribution >= 0.6 is 23.1 Å². The molecule has 0 bridgehead atoms. The van der Waals surface area contributed by atoms with Crippen molar-refractivity contribution in [2.45, 2.75) is 62.0 Å². The van der Waals surface area contributed by atoms with Crippen molar-refractivity contribution in [1.29, 1.82) is 0 Å². The Kier molecular flexibility index (Phi) is 5.42. The molecule has 0 saturated heterocycles. The fraction of sp³-hybridized carbons (Fsp3) is 0.556. The quantitative estimate of drug-likeness (QED) is 0.590. The molecule has 184 valence electrons. The van der Waals surface area contributed by atoms with Gasteiger partial charge in [-0.2, -0.15) is 0 Å². The van der Waals surface area contributed by atoms with Crippen LogP contribution in [-0.2, 0) is 9.59 Å². The van der Waals surface area contributed by atoms with E-state index in [4.69, 9.17) is 0 Å². The van der Waals surface area contributed by atoms with Crippen molar-refractivity contribution in [2.75, 3.05) is 5.75 Å². The number of carbonyl (C=O) groups is 2. The van der Waals surface area contributed by atoms with E-state index < -0.39 is 17.1 Å². The Morgan fingerprint density at radius 1 is 1.31 bits per heavy atom. The molecule has 7 atom stereocenters. The van der Waals surface area contributed by atoms with Crippen molar-refractivity contribution in [3.8, 4) is 0 Å². The van der Waals surface area contributed by atoms with Gasteiger partial charge in [-0.05, 0) is 68.2 Å². The van der Waals surface area contributed by atoms with Crippen LogP contribution in [0.1, 0.15) is 46.0 Å². The average Bonchev–Trinajstić information content (AvgIpc) is 3.36. The fourth-order valence-corrected chi connectivity index (χ4v) is 9.79. The smallest absolute Gasteiger partial charge is 0.178 e. The van der Waals surface area contributed by atoms with Crippen LogP contribution in [0.15, 0.2) is 46.5 Å². The van der Waals surface area contributed by atoms with Crippen LogP contribution in [0.3, 0.4) is 0 Å². The minimum Gasteiger partial charge on any atom is -0.393 e. The molecule has 8 heteroatoms. The number of pyridine rings is 1. The van der Waals surface area contributed by atoms with Crippen molar-refractivity contribution in [2.24, 2.45) is 28.6 Å². The molecule has 6 unspecified atom stereocenters. The van der Waals surface area contributed by atoms with Crippen molar-refractivity contribution in [3.05, 3.63) is 42.1 Å². The number of carbonyl (C=O) groups excluding carboxylic acids is 2. The Hall–Kier alpha value is -1.87. The zero-order valence-electron chi connectivity index (χ0n) is 19.9. The highest BCUT2D eigenvalue weighted by molar-refractivity contribution is 8.01. The zero-order chi connectivity index (χ0) is 24.6. The first kappa shape index (κ1) is 23.5. The molecule has 2 aromatic heterocycles. The van der Waals surface area contributed by atoms with Crippen LogP contribution in [0, 0.1) is 28.6 Å². The minimum absolute atomic E-state index is 0.00741. The van der Waals surface area contributed by atoms with Gasteiger partial charge >= 0.3 is 0 Å². The maximum atomic E-state index is 13.6. The monoisotopic (exact) mass is 510 g/mol. The van der Waals surface area contributed by atoms with Crippen molar-refractivity contribution < 1.29 is 19.8 Å². The van der Waals surface area contributed by atoms with Gasteiger partial charge in [0.05, 0.1) is 11.9 Å². The number of fused-ring (bicyclic) bond motifs is 6. The summed E-state index contributed by atoms with van der Waals surface area (Å²) in [5, 5.41) is 23.4. The molecule has 0 radical (unpaired) electrons. The van der Waals surface area contributed by atoms with Gasteiger partial charge in [0.15, 0.2) is 15.9 Å². The number of aliphatic hydroxyl groups excluding tert-OH is 1. The molecule has 2 heterocycles. The second-order valence-corrected chi connectivity index (χ2v) is 13.3. The molecule has 2 aromatic rings. The van der Waals surface area contributed by atoms with Gasteiger partial charge in [-0.3, -0.25) is 9.59 Å². The van der Waals surface area contributed by atoms with Crippen molar-refractivity contribution >= 4 is 45.0 Å². The third-order valence-corrected chi connectivity index (χ3v) is 11.7. The normalized spacial score (nSPS) is 40.2. The zero-order valence-corrected chi connectivity index (χ0v) is 21.6. The molecular formula is C27H30N2O4S2. The number of allylic oxidation sites excluding steroid dienone is 4. The number of rotatable bonds is 4. The van der Waals surface area contributed by atoms with Gasteiger partial charge in [-0.15, -0.1) is 0 Å². The van der Waals surface area contributed by atoms with E-state index in [1.54, 1.807) is 18.3 Å². The largest absolute Gasteiger partial charge is 0.393 e. The Morgan fingerprint density at radius 3 is 2.94 bits per heavy atom. The van der Waals surface area contributed by atoms with Crippen LogP contribution in [-0.4, -0.2) is 49.2 Å². The van der Waals surface area contributed by atoms with Crippen LogP contribution in [0.4, 0.5) is 0 Å². The summed E-state index contributed by atoms with van der Waals surface area (Å²) in [7, 11) is 0. The highest BCUT2D eigenvalue weighted by Crippen LogP contribution is 2.67. The molecule has 0 spiro atoms. The van der Waals surface area contributed by atoms with Crippen molar-refractivity contribution in [1.82, 2.24) is 9.97 Å². The number of Topliss-reactive ketones (excluding diaryl/α,β-unsaturated/α-hetero) is 1. The van der Waals surface area contributed by atoms with Crippen LogP contribution < -0.4 is 0 Å². The van der Waals surface area contributed by atoms with Crippen LogP contribution in [0.25, 0.3) is 10.3 Å². The first-order valence-corrected chi connectivity index (χ1v) is 14.2. The number of hydrogen-bond donors (Lipinski definition) is 2. The lowest BCUT2D eigenvalue weighted by Gasteiger charge is -2.59. The molecule has 6 rings (SSSR count). The van der Waals surface area contributed by atoms with Gasteiger partial charge in [-0.1, -0.05) is 48.6 Å². The van der Waals surface area contributed by atoms with Gasteiger partial charge in [0.2, 0.25) is 0 Å². The standard InChI is InChI=1S/C27H30N2O4S2/c1-25-9-7-16(30)12-15(25)5-6-17-18-8-10-27(33,26(18,2)13-20(31)22(17)25)21(32)14-34-24-29-19-4-3-11-28-23(19)35-24/h3-4,7,9,11-12,17-18,20,22,31,33H,5-6,8,10,13-14H2,1-2H3/t17?,18?,20?,22?,25?,26?,27-/m0/s1. The molecule has 4 aliphatic rings. The lowest BCUT2D eigenvalue weighted by Crippen LogP contribution is -2.61. The molecule has 4 aliphatic carbocycles. The average molecular weight is 511 g/mol. The van der Waals surface area contributed by atoms with Gasteiger partial charge in [-0.25, -0.2) is 9.97 Å². The van der Waals surface area contributed by atoms with Gasteiger partial charge < -0.3 is 10.2 Å². The first-order chi connectivity index (χ1) is 16.7. The number of hydrogen-bond acceptors (Lipinski definition) is 8. The SMILES string of the molecule is CC12C=CC(=O)C=C1CCC1C2C(O)CC2(C)C1CC[C@]2(O)C(=O)CSc1nc2cccnc2s1. The summed E-state index contributed by atoms with van der Waals surface area (Å²) in [6, 6.07) is 3.75. The molecule has 3 fully saturated rings. The molecule has 6 nitrogen and oxygen atoms in total. The number of aliphatic hydroxyl groups is 2. The predicted molar refractivity (Wildman–Crippen MR) is 136 cm³/mol. The van der Waals surface area contributed by atoms with E-state index in [0.29, 0.717) is 12.8 Å². The van der Waals surface area contributed by atoms with Gasteiger partial charge in [0.1, 0.15) is 15.9 Å². The summed E-state index contributed by atoms with van der Waals surface area (Å²) in [4.78, 5) is 35.3. The van der Waals surface area contributed by atoms with Crippen LogP contribution in [0.2, 0.25) is 0 Å². The lowest BCUT2D eigenvalue weighted by atomic mass is 9.46. The summed E-state index contributed by atoms with van der Waals surface area (Å²) < 4.78 is 0.775. The van der Waals surface area contributed by atoms with E-state index in [-0.39, 0.29) is 40.5 Å². The van der Waals surface area contributed by atoms with Crippen molar-refractivity contribution in [3.63, 3.8) is 0 Å². The highest BCUT2D eigenvalue weighted by atomic mass is 32.2. The van der Waals surface area contributed by atoms with E-state index in [1.807, 2.05) is 25.1 Å². The number of thiazole rings is 1. The fourth-order valence-electron chi connectivity index (χ4n) is 7.85. The third-order valence-electron chi connectivity index (χ3n) is 9.58. The number of aromatic nitrogens is 2. The maximum Gasteiger partial charge on any atom is 0.178 e. The minimum atomic E-state index is -1.46. The Labute approximate surface area is 212 Å². The van der Waals surface area contributed by atoms with E-state index in [9.17, 15) is 19.8 Å². The first-order valence-electron chi connectivity index (χ1n) is 12.4. The lowest BCUT2D eigenvalue weighted by molar-refractivity contribution is -0.174. The molecule has 35 heavy (non-hydrogen) atoms. The van der Waals surface area contributed by atoms with Crippen LogP contribution in [0.5, 0.6) is 0 Å². The Balaban J connectivity index is 1.25.